The molecule has 0 spiro atoms. The minimum absolute atomic E-state index is 0. The predicted molar refractivity (Wildman–Crippen MR) is 122 cm³/mol. The van der Waals surface area contributed by atoms with E-state index in [9.17, 15) is 4.39 Å². The van der Waals surface area contributed by atoms with Crippen LogP contribution in [0, 0.1) is 5.82 Å². The zero-order valence-electron chi connectivity index (χ0n) is 16.3. The molecule has 7 nitrogen and oxygen atoms in total. The molecule has 3 aromatic rings. The van der Waals surface area contributed by atoms with E-state index in [1.54, 1.807) is 19.2 Å². The summed E-state index contributed by atoms with van der Waals surface area (Å²) in [7, 11) is 1.63. The molecule has 9 heteroatoms. The molecule has 0 aliphatic carbocycles. The van der Waals surface area contributed by atoms with Crippen LogP contribution in [0.15, 0.2) is 53.5 Å². The van der Waals surface area contributed by atoms with Crippen LogP contribution in [-0.2, 0) is 13.1 Å². The van der Waals surface area contributed by atoms with Crippen molar-refractivity contribution in [1.82, 2.24) is 25.8 Å². The van der Waals surface area contributed by atoms with Gasteiger partial charge in [-0.2, -0.15) is 5.10 Å². The fourth-order valence-electron chi connectivity index (χ4n) is 2.51. The summed E-state index contributed by atoms with van der Waals surface area (Å²) in [5.41, 5.74) is 1.83. The molecule has 0 fully saturated rings. The number of halogens is 2. The van der Waals surface area contributed by atoms with Crippen molar-refractivity contribution in [3.8, 4) is 17.1 Å². The number of aromatic amines is 1. The van der Waals surface area contributed by atoms with Gasteiger partial charge in [0.1, 0.15) is 17.4 Å². The van der Waals surface area contributed by atoms with Gasteiger partial charge in [-0.15, -0.1) is 24.0 Å². The summed E-state index contributed by atoms with van der Waals surface area (Å²) in [4.78, 5) is 9.01. The lowest BCUT2D eigenvalue weighted by atomic mass is 10.2. The highest BCUT2D eigenvalue weighted by Crippen LogP contribution is 2.18. The predicted octanol–water partition coefficient (Wildman–Crippen LogP) is 3.49. The number of hydrogen-bond acceptors (Lipinski definition) is 4. The summed E-state index contributed by atoms with van der Waals surface area (Å²) in [6, 6.07) is 13.9. The van der Waals surface area contributed by atoms with E-state index in [0.717, 1.165) is 23.4 Å². The van der Waals surface area contributed by atoms with Crippen LogP contribution in [0.25, 0.3) is 11.4 Å². The Balaban J connectivity index is 0.00000300. The number of ether oxygens (including phenoxy) is 1. The number of H-pyrrole nitrogens is 1. The molecule has 0 radical (unpaired) electrons. The SMILES string of the molecule is CCNC(=NCc1ccc(F)cc1)NCc1nc(-c2ccc(OC)cc2)n[nH]1.I. The number of methoxy groups -OCH3 is 1. The van der Waals surface area contributed by atoms with Crippen molar-refractivity contribution >= 4 is 29.9 Å². The average molecular weight is 510 g/mol. The van der Waals surface area contributed by atoms with E-state index < -0.39 is 0 Å². The van der Waals surface area contributed by atoms with Gasteiger partial charge >= 0.3 is 0 Å². The first-order valence-electron chi connectivity index (χ1n) is 9.00. The summed E-state index contributed by atoms with van der Waals surface area (Å²) in [6.45, 7) is 3.61. The van der Waals surface area contributed by atoms with Gasteiger partial charge in [0, 0.05) is 12.1 Å². The third-order valence-corrected chi connectivity index (χ3v) is 3.98. The van der Waals surface area contributed by atoms with Crippen LogP contribution >= 0.6 is 24.0 Å². The number of nitrogens with zero attached hydrogens (tertiary/aromatic N) is 3. The maximum Gasteiger partial charge on any atom is 0.191 e. The highest BCUT2D eigenvalue weighted by atomic mass is 127. The third kappa shape index (κ3) is 6.70. The van der Waals surface area contributed by atoms with Crippen molar-refractivity contribution in [2.75, 3.05) is 13.7 Å². The van der Waals surface area contributed by atoms with E-state index in [4.69, 9.17) is 4.74 Å². The molecule has 0 atom stereocenters. The minimum Gasteiger partial charge on any atom is -0.497 e. The Kier molecular flexibility index (Phi) is 8.84. The molecular weight excluding hydrogens is 486 g/mol. The number of guanidine groups is 1. The van der Waals surface area contributed by atoms with Gasteiger partial charge in [0.05, 0.1) is 20.2 Å². The zero-order valence-corrected chi connectivity index (χ0v) is 18.6. The Morgan fingerprint density at radius 1 is 1.10 bits per heavy atom. The summed E-state index contributed by atoms with van der Waals surface area (Å²) in [5.74, 6) is 2.49. The molecule has 0 saturated heterocycles. The molecule has 3 rings (SSSR count). The van der Waals surface area contributed by atoms with Crippen molar-refractivity contribution in [2.24, 2.45) is 4.99 Å². The summed E-state index contributed by atoms with van der Waals surface area (Å²) < 4.78 is 18.2. The maximum absolute atomic E-state index is 13.0. The topological polar surface area (TPSA) is 87.2 Å². The monoisotopic (exact) mass is 510 g/mol. The molecule has 0 bridgehead atoms. The number of benzene rings is 2. The molecule has 1 heterocycles. The van der Waals surface area contributed by atoms with Crippen molar-refractivity contribution in [1.29, 1.82) is 0 Å². The minimum atomic E-state index is -0.254. The molecular formula is C20H24FIN6O. The Morgan fingerprint density at radius 3 is 2.48 bits per heavy atom. The van der Waals surface area contributed by atoms with E-state index >= 15 is 0 Å². The van der Waals surface area contributed by atoms with Crippen LogP contribution < -0.4 is 15.4 Å². The molecule has 0 saturated carbocycles. The van der Waals surface area contributed by atoms with Crippen LogP contribution in [0.4, 0.5) is 4.39 Å². The second-order valence-corrected chi connectivity index (χ2v) is 6.01. The van der Waals surface area contributed by atoms with Gasteiger partial charge in [0.2, 0.25) is 0 Å². The van der Waals surface area contributed by atoms with Gasteiger partial charge in [0.25, 0.3) is 0 Å². The van der Waals surface area contributed by atoms with Crippen LogP contribution in [0.2, 0.25) is 0 Å². The molecule has 2 aromatic carbocycles. The van der Waals surface area contributed by atoms with Gasteiger partial charge in [-0.1, -0.05) is 12.1 Å². The Bertz CT molecular complexity index is 911. The van der Waals surface area contributed by atoms with E-state index in [1.807, 2.05) is 31.2 Å². The maximum atomic E-state index is 13.0. The molecule has 0 unspecified atom stereocenters. The number of nitrogens with one attached hydrogen (secondary N) is 3. The van der Waals surface area contributed by atoms with Crippen LogP contribution in [0.1, 0.15) is 18.3 Å². The lowest BCUT2D eigenvalue weighted by Gasteiger charge is -2.10. The van der Waals surface area contributed by atoms with Crippen molar-refractivity contribution in [3.63, 3.8) is 0 Å². The smallest absolute Gasteiger partial charge is 0.191 e. The summed E-state index contributed by atoms with van der Waals surface area (Å²) in [5, 5.41) is 13.6. The van der Waals surface area contributed by atoms with Gasteiger partial charge in [-0.3, -0.25) is 5.10 Å². The molecule has 0 aliphatic heterocycles. The normalized spacial score (nSPS) is 10.9. The Labute approximate surface area is 186 Å². The second-order valence-electron chi connectivity index (χ2n) is 6.01. The lowest BCUT2D eigenvalue weighted by molar-refractivity contribution is 0.415. The first-order chi connectivity index (χ1) is 13.7. The standard InChI is InChI=1S/C20H23FN6O.HI/c1-3-22-20(23-12-14-4-8-16(21)9-5-14)24-13-18-25-19(27-26-18)15-6-10-17(28-2)11-7-15;/h4-11H,3,12-13H2,1-2H3,(H2,22,23,24)(H,25,26,27);1H. The average Bonchev–Trinajstić information content (AvgIpc) is 3.20. The summed E-state index contributed by atoms with van der Waals surface area (Å²) in [6.07, 6.45) is 0. The Morgan fingerprint density at radius 2 is 1.83 bits per heavy atom. The van der Waals surface area contributed by atoms with Gasteiger partial charge in [-0.25, -0.2) is 14.4 Å². The van der Waals surface area contributed by atoms with Crippen molar-refractivity contribution in [2.45, 2.75) is 20.0 Å². The lowest BCUT2D eigenvalue weighted by Crippen LogP contribution is -2.37. The number of aromatic nitrogens is 3. The van der Waals surface area contributed by atoms with Crippen LogP contribution in [-0.4, -0.2) is 34.8 Å². The van der Waals surface area contributed by atoms with E-state index in [2.05, 4.69) is 30.8 Å². The fourth-order valence-corrected chi connectivity index (χ4v) is 2.51. The van der Waals surface area contributed by atoms with Gasteiger partial charge < -0.3 is 15.4 Å². The van der Waals surface area contributed by atoms with Gasteiger partial charge in [-0.05, 0) is 48.9 Å². The highest BCUT2D eigenvalue weighted by Gasteiger charge is 2.07. The third-order valence-electron chi connectivity index (χ3n) is 3.98. The first kappa shape index (κ1) is 22.6. The largest absolute Gasteiger partial charge is 0.497 e. The van der Waals surface area contributed by atoms with Crippen LogP contribution in [0.3, 0.4) is 0 Å². The van der Waals surface area contributed by atoms with E-state index in [1.165, 1.54) is 12.1 Å². The van der Waals surface area contributed by atoms with Crippen molar-refractivity contribution < 1.29 is 9.13 Å². The molecule has 3 N–H and O–H groups in total. The van der Waals surface area contributed by atoms with Crippen LogP contribution in [0.5, 0.6) is 5.75 Å². The molecule has 0 aliphatic rings. The van der Waals surface area contributed by atoms with E-state index in [0.29, 0.717) is 30.7 Å². The van der Waals surface area contributed by atoms with Crippen molar-refractivity contribution in [3.05, 3.63) is 65.7 Å². The second kappa shape index (κ2) is 11.3. The molecule has 0 amide bonds. The number of aliphatic imine (C=N–C) groups is 1. The molecule has 29 heavy (non-hydrogen) atoms. The molecule has 154 valence electrons. The first-order valence-corrected chi connectivity index (χ1v) is 9.00. The zero-order chi connectivity index (χ0) is 19.8. The number of rotatable bonds is 7. The fraction of sp³-hybridized carbons (Fsp3) is 0.250. The number of hydrogen-bond donors (Lipinski definition) is 3. The quantitative estimate of drug-likeness (QED) is 0.258. The summed E-state index contributed by atoms with van der Waals surface area (Å²) >= 11 is 0. The van der Waals surface area contributed by atoms with E-state index in [-0.39, 0.29) is 29.8 Å². The highest BCUT2D eigenvalue weighted by molar-refractivity contribution is 14.0. The van der Waals surface area contributed by atoms with Gasteiger partial charge in [0.15, 0.2) is 11.8 Å². The molecule has 1 aromatic heterocycles. The Hall–Kier alpha value is -2.69.